The number of carbonyl (C=O) groups is 2. The minimum absolute atomic E-state index is 0. The van der Waals surface area contributed by atoms with Crippen molar-refractivity contribution < 1.29 is 9.59 Å². The van der Waals surface area contributed by atoms with Gasteiger partial charge in [0.2, 0.25) is 11.8 Å². The average Bonchev–Trinajstić information content (AvgIpc) is 2.72. The van der Waals surface area contributed by atoms with Crippen molar-refractivity contribution in [1.82, 2.24) is 15.1 Å². The second-order valence-corrected chi connectivity index (χ2v) is 8.54. The van der Waals surface area contributed by atoms with Crippen LogP contribution in [0.5, 0.6) is 0 Å². The Morgan fingerprint density at radius 3 is 1.63 bits per heavy atom. The van der Waals surface area contributed by atoms with E-state index in [2.05, 4.69) is 5.32 Å². The summed E-state index contributed by atoms with van der Waals surface area (Å²) in [7, 11) is 0. The molecule has 5 nitrogen and oxygen atoms in total. The summed E-state index contributed by atoms with van der Waals surface area (Å²) in [6.45, 7) is 5.09. The number of amides is 2. The molecule has 0 unspecified atom stereocenters. The van der Waals surface area contributed by atoms with E-state index < -0.39 is 0 Å². The highest BCUT2D eigenvalue weighted by molar-refractivity contribution is 5.85. The normalized spacial score (nSPS) is 22.4. The molecule has 1 aliphatic carbocycles. The lowest BCUT2D eigenvalue weighted by atomic mass is 9.86. The van der Waals surface area contributed by atoms with Gasteiger partial charge in [-0.25, -0.2) is 0 Å². The van der Waals surface area contributed by atoms with E-state index in [0.717, 1.165) is 58.0 Å². The van der Waals surface area contributed by atoms with E-state index in [1.54, 1.807) is 0 Å². The van der Waals surface area contributed by atoms with E-state index in [4.69, 9.17) is 0 Å². The number of hydrogen-bond acceptors (Lipinski definition) is 3. The highest BCUT2D eigenvalue weighted by Crippen LogP contribution is 2.27. The highest BCUT2D eigenvalue weighted by atomic mass is 35.5. The third kappa shape index (κ3) is 7.26. The van der Waals surface area contributed by atoms with Gasteiger partial charge in [0.25, 0.3) is 0 Å². The molecule has 27 heavy (non-hydrogen) atoms. The Kier molecular flexibility index (Phi) is 9.91. The number of nitrogens with one attached hydrogen (secondary N) is 1. The van der Waals surface area contributed by atoms with Gasteiger partial charge in [-0.2, -0.15) is 0 Å². The maximum Gasteiger partial charge on any atom is 0.222 e. The summed E-state index contributed by atoms with van der Waals surface area (Å²) in [5.74, 6) is 2.07. The van der Waals surface area contributed by atoms with Crippen LogP contribution >= 0.6 is 12.4 Å². The van der Waals surface area contributed by atoms with E-state index in [1.807, 2.05) is 9.80 Å². The number of carbonyl (C=O) groups excluding carboxylic acids is 2. The van der Waals surface area contributed by atoms with E-state index >= 15 is 0 Å². The third-order valence-electron chi connectivity index (χ3n) is 6.70. The molecule has 6 heteroatoms. The summed E-state index contributed by atoms with van der Waals surface area (Å²) >= 11 is 0. The summed E-state index contributed by atoms with van der Waals surface area (Å²) < 4.78 is 0. The van der Waals surface area contributed by atoms with Crippen molar-refractivity contribution in [2.24, 2.45) is 11.8 Å². The average molecular weight is 400 g/mol. The summed E-state index contributed by atoms with van der Waals surface area (Å²) in [4.78, 5) is 28.9. The van der Waals surface area contributed by atoms with Crippen molar-refractivity contribution in [1.29, 1.82) is 0 Å². The zero-order valence-electron chi connectivity index (χ0n) is 16.8. The Morgan fingerprint density at radius 1 is 0.704 bits per heavy atom. The molecule has 0 aromatic carbocycles. The maximum atomic E-state index is 12.5. The van der Waals surface area contributed by atoms with Crippen LogP contribution in [0.15, 0.2) is 0 Å². The Labute approximate surface area is 171 Å². The molecule has 156 valence electrons. The van der Waals surface area contributed by atoms with E-state index in [1.165, 1.54) is 44.9 Å². The van der Waals surface area contributed by atoms with Crippen molar-refractivity contribution in [2.75, 3.05) is 39.3 Å². The molecule has 2 heterocycles. The highest BCUT2D eigenvalue weighted by Gasteiger charge is 2.25. The standard InChI is InChI=1S/C21H37N3O2.ClH/c25-20(8-6-18-4-2-1-3-5-18)23-14-16-24(17-15-23)21(26)9-7-19-10-12-22-13-11-19;/h18-19,22H,1-17H2;1H. The number of hydrogen-bond donors (Lipinski definition) is 1. The van der Waals surface area contributed by atoms with Gasteiger partial charge in [-0.15, -0.1) is 12.4 Å². The lowest BCUT2D eigenvalue weighted by molar-refractivity contribution is -0.140. The lowest BCUT2D eigenvalue weighted by Crippen LogP contribution is -2.50. The molecule has 0 aromatic heterocycles. The van der Waals surface area contributed by atoms with Gasteiger partial charge in [-0.05, 0) is 50.6 Å². The van der Waals surface area contributed by atoms with Gasteiger partial charge in [0.15, 0.2) is 0 Å². The van der Waals surface area contributed by atoms with Gasteiger partial charge >= 0.3 is 0 Å². The van der Waals surface area contributed by atoms with Gasteiger partial charge in [-0.1, -0.05) is 32.1 Å². The summed E-state index contributed by atoms with van der Waals surface area (Å²) in [6.07, 6.45) is 12.6. The Balaban J connectivity index is 0.00000261. The molecule has 3 aliphatic rings. The van der Waals surface area contributed by atoms with Gasteiger partial charge in [-0.3, -0.25) is 9.59 Å². The molecule has 0 aromatic rings. The molecule has 3 rings (SSSR count). The smallest absolute Gasteiger partial charge is 0.222 e. The predicted molar refractivity (Wildman–Crippen MR) is 111 cm³/mol. The van der Waals surface area contributed by atoms with Crippen molar-refractivity contribution in [3.05, 3.63) is 0 Å². The summed E-state index contributed by atoms with van der Waals surface area (Å²) in [6, 6.07) is 0. The monoisotopic (exact) mass is 399 g/mol. The minimum atomic E-state index is 0. The second-order valence-electron chi connectivity index (χ2n) is 8.54. The number of rotatable bonds is 6. The van der Waals surface area contributed by atoms with E-state index in [-0.39, 0.29) is 18.3 Å². The van der Waals surface area contributed by atoms with Crippen LogP contribution in [0.2, 0.25) is 0 Å². The first-order valence-corrected chi connectivity index (χ1v) is 11.0. The van der Waals surface area contributed by atoms with Crippen LogP contribution in [-0.4, -0.2) is 60.9 Å². The van der Waals surface area contributed by atoms with Gasteiger partial charge in [0.05, 0.1) is 0 Å². The Morgan fingerprint density at radius 2 is 1.15 bits per heavy atom. The van der Waals surface area contributed by atoms with Crippen molar-refractivity contribution >= 4 is 24.2 Å². The third-order valence-corrected chi connectivity index (χ3v) is 6.70. The van der Waals surface area contributed by atoms with Crippen molar-refractivity contribution in [2.45, 2.75) is 70.6 Å². The fraction of sp³-hybridized carbons (Fsp3) is 0.905. The van der Waals surface area contributed by atoms with Crippen LogP contribution in [0.4, 0.5) is 0 Å². The number of halogens is 1. The molecule has 2 saturated heterocycles. The molecule has 0 spiro atoms. The zero-order chi connectivity index (χ0) is 18.2. The Bertz CT molecular complexity index is 412. The van der Waals surface area contributed by atoms with Crippen LogP contribution in [0.1, 0.15) is 70.6 Å². The zero-order valence-corrected chi connectivity index (χ0v) is 17.6. The lowest BCUT2D eigenvalue weighted by Gasteiger charge is -2.35. The minimum Gasteiger partial charge on any atom is -0.339 e. The maximum absolute atomic E-state index is 12.5. The number of piperazine rings is 1. The SMILES string of the molecule is Cl.O=C(CCC1CCCCC1)N1CCN(C(=O)CCC2CCNCC2)CC1. The fourth-order valence-electron chi connectivity index (χ4n) is 4.82. The first-order valence-electron chi connectivity index (χ1n) is 11.0. The van der Waals surface area contributed by atoms with Gasteiger partial charge in [0.1, 0.15) is 0 Å². The van der Waals surface area contributed by atoms with Crippen molar-refractivity contribution in [3.8, 4) is 0 Å². The van der Waals surface area contributed by atoms with Crippen LogP contribution in [-0.2, 0) is 9.59 Å². The molecule has 1 saturated carbocycles. The first kappa shape index (κ1) is 22.5. The first-order chi connectivity index (χ1) is 12.7. The molecule has 0 radical (unpaired) electrons. The largest absolute Gasteiger partial charge is 0.339 e. The molecule has 2 aliphatic heterocycles. The summed E-state index contributed by atoms with van der Waals surface area (Å²) in [5, 5.41) is 3.38. The molecule has 3 fully saturated rings. The van der Waals surface area contributed by atoms with E-state index in [9.17, 15) is 9.59 Å². The van der Waals surface area contributed by atoms with Crippen molar-refractivity contribution in [3.63, 3.8) is 0 Å². The summed E-state index contributed by atoms with van der Waals surface area (Å²) in [5.41, 5.74) is 0. The van der Waals surface area contributed by atoms with Gasteiger partial charge in [0, 0.05) is 39.0 Å². The molecular weight excluding hydrogens is 362 g/mol. The van der Waals surface area contributed by atoms with Gasteiger partial charge < -0.3 is 15.1 Å². The molecule has 0 bridgehead atoms. The molecule has 1 N–H and O–H groups in total. The molecule has 0 atom stereocenters. The molecular formula is C21H38ClN3O2. The second kappa shape index (κ2) is 11.9. The van der Waals surface area contributed by atoms with Crippen LogP contribution in [0.25, 0.3) is 0 Å². The quantitative estimate of drug-likeness (QED) is 0.746. The number of nitrogens with zero attached hydrogens (tertiary/aromatic N) is 2. The van der Waals surface area contributed by atoms with Crippen LogP contribution < -0.4 is 5.32 Å². The number of piperidine rings is 1. The van der Waals surface area contributed by atoms with Crippen LogP contribution in [0, 0.1) is 11.8 Å². The predicted octanol–water partition coefficient (Wildman–Crippen LogP) is 3.22. The molecule has 2 amide bonds. The topological polar surface area (TPSA) is 52.7 Å². The van der Waals surface area contributed by atoms with E-state index in [0.29, 0.717) is 24.7 Å². The van der Waals surface area contributed by atoms with Crippen LogP contribution in [0.3, 0.4) is 0 Å². The Hall–Kier alpha value is -0.810. The fourth-order valence-corrected chi connectivity index (χ4v) is 4.82.